The first-order valence-electron chi connectivity index (χ1n) is 3.62. The second-order valence-electron chi connectivity index (χ2n) is 2.62. The second kappa shape index (κ2) is 4.00. The molecule has 1 rings (SSSR count). The predicted octanol–water partition coefficient (Wildman–Crippen LogP) is 2.79. The molecule has 0 atom stereocenters. The zero-order valence-electron chi connectivity index (χ0n) is 7.09. The van der Waals surface area contributed by atoms with Crippen molar-refractivity contribution in [3.05, 3.63) is 27.5 Å². The summed E-state index contributed by atoms with van der Waals surface area (Å²) in [5, 5.41) is 8.58. The van der Waals surface area contributed by atoms with Crippen molar-refractivity contribution in [2.45, 2.75) is 13.3 Å². The number of pyridine rings is 1. The van der Waals surface area contributed by atoms with Crippen molar-refractivity contribution in [2.75, 3.05) is 0 Å². The highest BCUT2D eigenvalue weighted by molar-refractivity contribution is 9.10. The van der Waals surface area contributed by atoms with Crippen LogP contribution in [0.3, 0.4) is 0 Å². The molecule has 1 N–H and O–H groups in total. The van der Waals surface area contributed by atoms with Gasteiger partial charge in [0.1, 0.15) is 10.3 Å². The number of aromatic carboxylic acids is 1. The van der Waals surface area contributed by atoms with Gasteiger partial charge in [-0.25, -0.2) is 18.6 Å². The Morgan fingerprint density at radius 3 is 2.64 bits per heavy atom. The van der Waals surface area contributed by atoms with Gasteiger partial charge in [0.2, 0.25) is 0 Å². The number of halogens is 3. The first-order chi connectivity index (χ1) is 6.43. The van der Waals surface area contributed by atoms with Crippen LogP contribution in [0.5, 0.6) is 0 Å². The van der Waals surface area contributed by atoms with Crippen LogP contribution in [0, 0.1) is 6.92 Å². The van der Waals surface area contributed by atoms with E-state index < -0.39 is 18.1 Å². The predicted molar refractivity (Wildman–Crippen MR) is 48.6 cm³/mol. The fraction of sp³-hybridized carbons (Fsp3) is 0.250. The van der Waals surface area contributed by atoms with Gasteiger partial charge in [0.25, 0.3) is 6.43 Å². The highest BCUT2D eigenvalue weighted by Gasteiger charge is 2.17. The molecule has 0 aliphatic heterocycles. The normalized spacial score (nSPS) is 10.6. The highest BCUT2D eigenvalue weighted by atomic mass is 79.9. The summed E-state index contributed by atoms with van der Waals surface area (Å²) in [5.74, 6) is -1.33. The summed E-state index contributed by atoms with van der Waals surface area (Å²) >= 11 is 2.93. The zero-order valence-corrected chi connectivity index (χ0v) is 8.68. The van der Waals surface area contributed by atoms with Gasteiger partial charge >= 0.3 is 5.97 Å². The zero-order chi connectivity index (χ0) is 10.9. The molecule has 0 radical (unpaired) electrons. The Bertz CT molecular complexity index is 382. The number of carbonyl (C=O) groups is 1. The van der Waals surface area contributed by atoms with Crippen LogP contribution in [0.15, 0.2) is 10.7 Å². The van der Waals surface area contributed by atoms with E-state index in [0.29, 0.717) is 0 Å². The van der Waals surface area contributed by atoms with Crippen LogP contribution in [-0.4, -0.2) is 16.1 Å². The minimum absolute atomic E-state index is 0.132. The Morgan fingerprint density at radius 2 is 2.21 bits per heavy atom. The third-order valence-corrected chi connectivity index (χ3v) is 2.48. The maximum atomic E-state index is 12.4. The van der Waals surface area contributed by atoms with Crippen LogP contribution in [-0.2, 0) is 0 Å². The van der Waals surface area contributed by atoms with E-state index in [1.807, 2.05) is 0 Å². The number of nitrogens with zero attached hydrogens (tertiary/aromatic N) is 1. The van der Waals surface area contributed by atoms with Gasteiger partial charge in [0.15, 0.2) is 0 Å². The van der Waals surface area contributed by atoms with E-state index in [4.69, 9.17) is 5.11 Å². The monoisotopic (exact) mass is 265 g/mol. The molecule has 0 aliphatic rings. The molecular weight excluding hydrogens is 260 g/mol. The fourth-order valence-electron chi connectivity index (χ4n) is 0.933. The Labute approximate surface area is 86.9 Å². The number of hydrogen-bond donors (Lipinski definition) is 1. The average Bonchev–Trinajstić information content (AvgIpc) is 2.08. The molecular formula is C8H6BrF2NO2. The van der Waals surface area contributed by atoms with Crippen LogP contribution in [0.2, 0.25) is 0 Å². The summed E-state index contributed by atoms with van der Waals surface area (Å²) < 4.78 is 25.0. The largest absolute Gasteiger partial charge is 0.477 e. The molecule has 3 nitrogen and oxygen atoms in total. The Hall–Kier alpha value is -1.04. The minimum Gasteiger partial charge on any atom is -0.477 e. The lowest BCUT2D eigenvalue weighted by Gasteiger charge is -2.07. The summed E-state index contributed by atoms with van der Waals surface area (Å²) in [6.07, 6.45) is -2.70. The van der Waals surface area contributed by atoms with Gasteiger partial charge in [0, 0.05) is 5.56 Å². The van der Waals surface area contributed by atoms with E-state index in [0.717, 1.165) is 6.07 Å². The van der Waals surface area contributed by atoms with Crippen molar-refractivity contribution in [1.82, 2.24) is 4.98 Å². The molecule has 0 saturated carbocycles. The minimum atomic E-state index is -2.70. The van der Waals surface area contributed by atoms with E-state index in [1.54, 1.807) is 0 Å². The number of aromatic nitrogens is 1. The van der Waals surface area contributed by atoms with Crippen LogP contribution in [0.1, 0.15) is 28.0 Å². The van der Waals surface area contributed by atoms with Crippen LogP contribution < -0.4 is 0 Å². The van der Waals surface area contributed by atoms with Crippen molar-refractivity contribution >= 4 is 21.9 Å². The van der Waals surface area contributed by atoms with E-state index in [9.17, 15) is 13.6 Å². The summed E-state index contributed by atoms with van der Waals surface area (Å²) in [7, 11) is 0. The summed E-state index contributed by atoms with van der Waals surface area (Å²) in [6.45, 7) is 1.45. The van der Waals surface area contributed by atoms with Gasteiger partial charge in [-0.1, -0.05) is 0 Å². The molecule has 0 fully saturated rings. The van der Waals surface area contributed by atoms with Crippen molar-refractivity contribution in [3.63, 3.8) is 0 Å². The maximum Gasteiger partial charge on any atom is 0.354 e. The van der Waals surface area contributed by atoms with Gasteiger partial charge in [-0.05, 0) is 34.5 Å². The molecule has 0 spiro atoms. The molecule has 1 aromatic rings. The summed E-state index contributed by atoms with van der Waals surface area (Å²) in [4.78, 5) is 14.1. The van der Waals surface area contributed by atoms with Crippen LogP contribution >= 0.6 is 15.9 Å². The third kappa shape index (κ3) is 2.06. The molecule has 76 valence electrons. The van der Waals surface area contributed by atoms with E-state index in [1.165, 1.54) is 6.92 Å². The van der Waals surface area contributed by atoms with E-state index in [-0.39, 0.29) is 15.7 Å². The number of hydrogen-bond acceptors (Lipinski definition) is 2. The standard InChI is InChI=1S/C8H6BrF2NO2/c1-3-4(7(10)11)2-5(8(13)14)12-6(3)9/h2,7H,1H3,(H,13,14). The second-order valence-corrected chi connectivity index (χ2v) is 3.37. The van der Waals surface area contributed by atoms with Crippen molar-refractivity contribution in [2.24, 2.45) is 0 Å². The Balaban J connectivity index is 3.35. The lowest BCUT2D eigenvalue weighted by molar-refractivity contribution is 0.0689. The van der Waals surface area contributed by atoms with Gasteiger partial charge in [-0.3, -0.25) is 0 Å². The molecule has 1 aromatic heterocycles. The van der Waals surface area contributed by atoms with Crippen LogP contribution in [0.4, 0.5) is 8.78 Å². The van der Waals surface area contributed by atoms with Crippen molar-refractivity contribution in [3.8, 4) is 0 Å². The molecule has 0 unspecified atom stereocenters. The fourth-order valence-corrected chi connectivity index (χ4v) is 1.35. The Morgan fingerprint density at radius 1 is 1.64 bits per heavy atom. The topological polar surface area (TPSA) is 50.2 Å². The molecule has 6 heteroatoms. The van der Waals surface area contributed by atoms with Crippen molar-refractivity contribution in [1.29, 1.82) is 0 Å². The number of carboxylic acid groups (broad SMARTS) is 1. The third-order valence-electron chi connectivity index (χ3n) is 1.71. The molecule has 0 aliphatic carbocycles. The smallest absolute Gasteiger partial charge is 0.354 e. The summed E-state index contributed by atoms with van der Waals surface area (Å²) in [5.41, 5.74) is -0.452. The van der Waals surface area contributed by atoms with Gasteiger partial charge in [-0.2, -0.15) is 0 Å². The molecule has 0 amide bonds. The Kier molecular flexibility index (Phi) is 3.15. The van der Waals surface area contributed by atoms with Gasteiger partial charge in [0.05, 0.1) is 0 Å². The molecule has 14 heavy (non-hydrogen) atoms. The lowest BCUT2D eigenvalue weighted by Crippen LogP contribution is -2.04. The van der Waals surface area contributed by atoms with Gasteiger partial charge in [-0.15, -0.1) is 0 Å². The first-order valence-corrected chi connectivity index (χ1v) is 4.41. The number of rotatable bonds is 2. The van der Waals surface area contributed by atoms with Gasteiger partial charge < -0.3 is 5.11 Å². The van der Waals surface area contributed by atoms with Crippen molar-refractivity contribution < 1.29 is 18.7 Å². The molecule has 0 saturated heterocycles. The lowest BCUT2D eigenvalue weighted by atomic mass is 10.1. The van der Waals surface area contributed by atoms with Crippen LogP contribution in [0.25, 0.3) is 0 Å². The number of alkyl halides is 2. The molecule has 0 aromatic carbocycles. The number of carboxylic acids is 1. The molecule has 0 bridgehead atoms. The average molecular weight is 266 g/mol. The van der Waals surface area contributed by atoms with E-state index in [2.05, 4.69) is 20.9 Å². The summed E-state index contributed by atoms with van der Waals surface area (Å²) in [6, 6.07) is 0.882. The highest BCUT2D eigenvalue weighted by Crippen LogP contribution is 2.27. The first kappa shape index (κ1) is 11.0. The maximum absolute atomic E-state index is 12.4. The SMILES string of the molecule is Cc1c(C(F)F)cc(C(=O)O)nc1Br. The quantitative estimate of drug-likeness (QED) is 0.837. The molecule has 1 heterocycles. The van der Waals surface area contributed by atoms with E-state index >= 15 is 0 Å².